The molecule has 10 heteroatoms. The number of nitrogens with zero attached hydrogens (tertiary/aromatic N) is 4. The zero-order valence-corrected chi connectivity index (χ0v) is 21.8. The van der Waals surface area contributed by atoms with Crippen molar-refractivity contribution in [3.8, 4) is 11.5 Å². The van der Waals surface area contributed by atoms with Gasteiger partial charge in [-0.15, -0.1) is 6.58 Å². The van der Waals surface area contributed by atoms with Crippen LogP contribution < -0.4 is 15.0 Å². The number of methoxy groups -OCH3 is 1. The molecule has 4 aromatic rings. The zero-order valence-electron chi connectivity index (χ0n) is 20.2. The van der Waals surface area contributed by atoms with E-state index in [1.165, 1.54) is 23.9 Å². The van der Waals surface area contributed by atoms with Crippen molar-refractivity contribution in [2.24, 2.45) is 5.10 Å². The Hall–Kier alpha value is -4.31. The molecular formula is C27H23BrN4O5. The number of aryl methyl sites for hydroxylation is 1. The second kappa shape index (κ2) is 11.2. The van der Waals surface area contributed by atoms with Crippen molar-refractivity contribution in [3.63, 3.8) is 0 Å². The molecule has 0 spiro atoms. The van der Waals surface area contributed by atoms with Gasteiger partial charge in [0, 0.05) is 22.2 Å². The van der Waals surface area contributed by atoms with Crippen molar-refractivity contribution in [1.29, 1.82) is 0 Å². The second-order valence-corrected chi connectivity index (χ2v) is 9.02. The van der Waals surface area contributed by atoms with E-state index in [-0.39, 0.29) is 17.9 Å². The van der Waals surface area contributed by atoms with E-state index in [0.29, 0.717) is 45.8 Å². The molecule has 0 N–H and O–H groups in total. The molecule has 0 aliphatic carbocycles. The minimum atomic E-state index is -0.446. The first-order valence-corrected chi connectivity index (χ1v) is 12.0. The molecule has 0 amide bonds. The average Bonchev–Trinajstić information content (AvgIpc) is 2.88. The van der Waals surface area contributed by atoms with E-state index in [4.69, 9.17) is 9.47 Å². The van der Waals surface area contributed by atoms with Crippen LogP contribution in [0.15, 0.2) is 81.6 Å². The highest BCUT2D eigenvalue weighted by Gasteiger charge is 2.14. The Morgan fingerprint density at radius 2 is 2.03 bits per heavy atom. The van der Waals surface area contributed by atoms with Crippen LogP contribution in [0.5, 0.6) is 11.5 Å². The fourth-order valence-corrected chi connectivity index (χ4v) is 4.18. The van der Waals surface area contributed by atoms with Crippen molar-refractivity contribution >= 4 is 38.7 Å². The minimum absolute atomic E-state index is 0.00739. The Bertz CT molecular complexity index is 1600. The summed E-state index contributed by atoms with van der Waals surface area (Å²) in [7, 11) is 1.52. The van der Waals surface area contributed by atoms with Crippen LogP contribution >= 0.6 is 15.9 Å². The van der Waals surface area contributed by atoms with Crippen LogP contribution in [-0.4, -0.2) is 27.9 Å². The molecule has 0 aliphatic rings. The van der Waals surface area contributed by atoms with Gasteiger partial charge in [-0.1, -0.05) is 34.1 Å². The maximum Gasteiger partial charge on any atom is 0.282 e. The molecule has 4 rings (SSSR count). The van der Waals surface area contributed by atoms with E-state index in [0.717, 1.165) is 10.0 Å². The van der Waals surface area contributed by atoms with Crippen LogP contribution in [0.25, 0.3) is 10.9 Å². The fraction of sp³-hybridized carbons (Fsp3) is 0.148. The van der Waals surface area contributed by atoms with Crippen molar-refractivity contribution in [3.05, 3.63) is 115 Å². The number of non-ortho nitro benzene ring substituents is 1. The molecule has 9 nitrogen and oxygen atoms in total. The molecule has 0 unspecified atom stereocenters. The average molecular weight is 563 g/mol. The van der Waals surface area contributed by atoms with Gasteiger partial charge < -0.3 is 9.47 Å². The summed E-state index contributed by atoms with van der Waals surface area (Å²) in [6.07, 6.45) is 3.77. The van der Waals surface area contributed by atoms with Crippen LogP contribution in [0, 0.1) is 17.0 Å². The highest BCUT2D eigenvalue weighted by Crippen LogP contribution is 2.34. The molecule has 188 valence electrons. The van der Waals surface area contributed by atoms with Gasteiger partial charge in [-0.3, -0.25) is 14.9 Å². The second-order valence-electron chi connectivity index (χ2n) is 8.10. The van der Waals surface area contributed by atoms with Gasteiger partial charge >= 0.3 is 0 Å². The smallest absolute Gasteiger partial charge is 0.282 e. The summed E-state index contributed by atoms with van der Waals surface area (Å²) in [5, 5.41) is 15.9. The van der Waals surface area contributed by atoms with E-state index in [2.05, 4.69) is 32.6 Å². The molecule has 1 heterocycles. The number of fused-ring (bicyclic) bond motifs is 1. The van der Waals surface area contributed by atoms with Crippen molar-refractivity contribution < 1.29 is 14.4 Å². The van der Waals surface area contributed by atoms with Gasteiger partial charge in [-0.05, 0) is 54.8 Å². The first-order chi connectivity index (χ1) is 17.8. The third-order valence-electron chi connectivity index (χ3n) is 5.54. The summed E-state index contributed by atoms with van der Waals surface area (Å²) in [5.74, 6) is 1.40. The molecule has 0 bridgehead atoms. The zero-order chi connectivity index (χ0) is 26.5. The molecular weight excluding hydrogens is 540 g/mol. The van der Waals surface area contributed by atoms with Gasteiger partial charge in [0.1, 0.15) is 12.4 Å². The lowest BCUT2D eigenvalue weighted by Gasteiger charge is -2.16. The third-order valence-corrected chi connectivity index (χ3v) is 6.03. The van der Waals surface area contributed by atoms with Crippen molar-refractivity contribution in [1.82, 2.24) is 9.66 Å². The van der Waals surface area contributed by atoms with Crippen LogP contribution in [-0.2, 0) is 13.0 Å². The van der Waals surface area contributed by atoms with E-state index in [9.17, 15) is 14.9 Å². The van der Waals surface area contributed by atoms with Gasteiger partial charge in [-0.25, -0.2) is 4.98 Å². The molecule has 0 fully saturated rings. The summed E-state index contributed by atoms with van der Waals surface area (Å²) in [6, 6.07) is 15.2. The highest BCUT2D eigenvalue weighted by atomic mass is 79.9. The first-order valence-electron chi connectivity index (χ1n) is 11.2. The molecule has 37 heavy (non-hydrogen) atoms. The number of rotatable bonds is 9. The third kappa shape index (κ3) is 5.75. The normalized spacial score (nSPS) is 11.1. The maximum absolute atomic E-state index is 13.0. The van der Waals surface area contributed by atoms with Gasteiger partial charge in [-0.2, -0.15) is 9.78 Å². The first kappa shape index (κ1) is 25.8. The van der Waals surface area contributed by atoms with E-state index >= 15 is 0 Å². The lowest BCUT2D eigenvalue weighted by atomic mass is 10.1. The summed E-state index contributed by atoms with van der Waals surface area (Å²) in [4.78, 5) is 28.2. The fourth-order valence-electron chi connectivity index (χ4n) is 3.82. The number of benzene rings is 3. The number of ether oxygens (including phenoxy) is 2. The number of halogens is 1. The Labute approximate surface area is 221 Å². The van der Waals surface area contributed by atoms with Crippen LogP contribution in [0.3, 0.4) is 0 Å². The molecule has 0 saturated carbocycles. The van der Waals surface area contributed by atoms with Gasteiger partial charge in [0.25, 0.3) is 11.2 Å². The van der Waals surface area contributed by atoms with Crippen LogP contribution in [0.1, 0.15) is 22.5 Å². The molecule has 3 aromatic carbocycles. The van der Waals surface area contributed by atoms with Gasteiger partial charge in [0.15, 0.2) is 11.5 Å². The summed E-state index contributed by atoms with van der Waals surface area (Å²) >= 11 is 3.39. The standard InChI is InChI=1S/C27H23BrN4O5/c1-4-6-20-11-19(15-29-31-17(2)30-24-10-9-21(28)14-23(24)27(31)33)13-25(36-3)26(20)37-16-18-7-5-8-22(12-18)32(34)35/h4-5,7-15H,1,6,16H2,2-3H3. The molecule has 0 radical (unpaired) electrons. The number of hydrogen-bond donors (Lipinski definition) is 0. The van der Waals surface area contributed by atoms with E-state index < -0.39 is 4.92 Å². The summed E-state index contributed by atoms with van der Waals surface area (Å²) in [6.45, 7) is 5.65. The Kier molecular flexibility index (Phi) is 7.78. The molecule has 0 atom stereocenters. The number of nitro benzene ring substituents is 1. The summed E-state index contributed by atoms with van der Waals surface area (Å²) < 4.78 is 13.6. The molecule has 1 aromatic heterocycles. The van der Waals surface area contributed by atoms with E-state index in [1.807, 2.05) is 12.1 Å². The van der Waals surface area contributed by atoms with Crippen LogP contribution in [0.2, 0.25) is 0 Å². The van der Waals surface area contributed by atoms with E-state index in [1.54, 1.807) is 49.5 Å². The monoisotopic (exact) mass is 562 g/mol. The SMILES string of the molecule is C=CCc1cc(C=Nn2c(C)nc3ccc(Br)cc3c2=O)cc(OC)c1OCc1cccc([N+](=O)[O-])c1. The minimum Gasteiger partial charge on any atom is -0.493 e. The topological polar surface area (TPSA) is 109 Å². The summed E-state index contributed by atoms with van der Waals surface area (Å²) in [5.41, 5.74) is 2.42. The Balaban J connectivity index is 1.68. The number of nitro groups is 1. The largest absolute Gasteiger partial charge is 0.493 e. The highest BCUT2D eigenvalue weighted by molar-refractivity contribution is 9.10. The quantitative estimate of drug-likeness (QED) is 0.114. The van der Waals surface area contributed by atoms with Gasteiger partial charge in [0.2, 0.25) is 0 Å². The predicted octanol–water partition coefficient (Wildman–Crippen LogP) is 5.57. The number of hydrogen-bond acceptors (Lipinski definition) is 7. The predicted molar refractivity (Wildman–Crippen MR) is 146 cm³/mol. The molecule has 0 aliphatic heterocycles. The molecule has 0 saturated heterocycles. The lowest BCUT2D eigenvalue weighted by molar-refractivity contribution is -0.384. The number of allylic oxidation sites excluding steroid dienone is 1. The van der Waals surface area contributed by atoms with Crippen molar-refractivity contribution in [2.75, 3.05) is 7.11 Å². The van der Waals surface area contributed by atoms with Crippen molar-refractivity contribution in [2.45, 2.75) is 20.0 Å². The Morgan fingerprint density at radius 1 is 1.22 bits per heavy atom. The maximum atomic E-state index is 13.0. The Morgan fingerprint density at radius 3 is 2.76 bits per heavy atom. The van der Waals surface area contributed by atoms with Crippen LogP contribution in [0.4, 0.5) is 5.69 Å². The number of aromatic nitrogens is 2. The lowest BCUT2D eigenvalue weighted by Crippen LogP contribution is -2.20. The van der Waals surface area contributed by atoms with Gasteiger partial charge in [0.05, 0.1) is 29.2 Å².